The van der Waals surface area contributed by atoms with Gasteiger partial charge in [0.15, 0.2) is 0 Å². The molecule has 12 heteroatoms. The van der Waals surface area contributed by atoms with Crippen LogP contribution in [0.2, 0.25) is 0 Å². The van der Waals surface area contributed by atoms with Gasteiger partial charge in [-0.2, -0.15) is 30.7 Å². The number of ether oxygens (including phenoxy) is 4. The summed E-state index contributed by atoms with van der Waals surface area (Å²) in [6.45, 7) is 7.66. The SMILES string of the molecule is CCC(=O)OCCCCCOc1ccc(N=Nc2ccc(N=Nc3ccc(N=Nc4ccc(OCCCCCOC(=O)CC)cc4)cc3C)cc2)cc1. The summed E-state index contributed by atoms with van der Waals surface area (Å²) < 4.78 is 21.7. The molecule has 0 aliphatic heterocycles. The second-order valence-corrected chi connectivity index (χ2v) is 12.0. The molecule has 0 unspecified atom stereocenters. The fraction of sp³-hybridized carbons (Fsp3) is 0.366. The van der Waals surface area contributed by atoms with Crippen LogP contribution >= 0.6 is 0 Å². The Morgan fingerprint density at radius 2 is 0.811 bits per heavy atom. The lowest BCUT2D eigenvalue weighted by Gasteiger charge is -2.06. The first-order valence-electron chi connectivity index (χ1n) is 18.1. The van der Waals surface area contributed by atoms with Crippen molar-refractivity contribution < 1.29 is 28.5 Å². The molecule has 0 spiro atoms. The molecule has 0 bridgehead atoms. The molecule has 0 saturated heterocycles. The van der Waals surface area contributed by atoms with Gasteiger partial charge in [0.25, 0.3) is 0 Å². The minimum Gasteiger partial charge on any atom is -0.494 e. The third-order valence-corrected chi connectivity index (χ3v) is 7.76. The minimum absolute atomic E-state index is 0.159. The van der Waals surface area contributed by atoms with Crippen molar-refractivity contribution in [3.63, 3.8) is 0 Å². The van der Waals surface area contributed by atoms with Crippen molar-refractivity contribution in [3.8, 4) is 11.5 Å². The highest BCUT2D eigenvalue weighted by molar-refractivity contribution is 5.69. The predicted molar refractivity (Wildman–Crippen MR) is 204 cm³/mol. The Labute approximate surface area is 311 Å². The smallest absolute Gasteiger partial charge is 0.305 e. The van der Waals surface area contributed by atoms with Gasteiger partial charge in [0.1, 0.15) is 11.5 Å². The molecule has 0 saturated carbocycles. The summed E-state index contributed by atoms with van der Waals surface area (Å²) in [6.07, 6.45) is 6.13. The van der Waals surface area contributed by atoms with Gasteiger partial charge in [0.05, 0.1) is 60.6 Å². The number of hydrogen-bond donors (Lipinski definition) is 0. The van der Waals surface area contributed by atoms with E-state index >= 15 is 0 Å². The topological polar surface area (TPSA) is 145 Å². The lowest BCUT2D eigenvalue weighted by atomic mass is 10.2. The van der Waals surface area contributed by atoms with Gasteiger partial charge in [-0.3, -0.25) is 9.59 Å². The molecule has 12 nitrogen and oxygen atoms in total. The quantitative estimate of drug-likeness (QED) is 0.0448. The van der Waals surface area contributed by atoms with Gasteiger partial charge in [0.2, 0.25) is 0 Å². The van der Waals surface area contributed by atoms with Crippen molar-refractivity contribution >= 4 is 46.1 Å². The molecule has 0 aliphatic rings. The summed E-state index contributed by atoms with van der Waals surface area (Å²) >= 11 is 0. The van der Waals surface area contributed by atoms with Crippen LogP contribution in [0.4, 0.5) is 34.1 Å². The number of carbonyl (C=O) groups is 2. The van der Waals surface area contributed by atoms with E-state index in [2.05, 4.69) is 30.7 Å². The van der Waals surface area contributed by atoms with Crippen LogP contribution in [0.1, 0.15) is 70.8 Å². The van der Waals surface area contributed by atoms with E-state index in [1.165, 1.54) is 0 Å². The Kier molecular flexibility index (Phi) is 17.3. The van der Waals surface area contributed by atoms with Gasteiger partial charge in [-0.05, 0) is 142 Å². The largest absolute Gasteiger partial charge is 0.494 e. The molecule has 0 radical (unpaired) electrons. The minimum atomic E-state index is -0.159. The first kappa shape index (κ1) is 40.0. The summed E-state index contributed by atoms with van der Waals surface area (Å²) in [7, 11) is 0. The molecular formula is C41H48N6O6. The highest BCUT2D eigenvalue weighted by atomic mass is 16.5. The number of aryl methyl sites for hydroxylation is 1. The van der Waals surface area contributed by atoms with Crippen LogP contribution in [0.5, 0.6) is 11.5 Å². The number of hydrogen-bond acceptors (Lipinski definition) is 12. The van der Waals surface area contributed by atoms with Crippen LogP contribution in [0.3, 0.4) is 0 Å². The number of carbonyl (C=O) groups excluding carboxylic acids is 2. The van der Waals surface area contributed by atoms with Crippen LogP contribution in [-0.2, 0) is 19.1 Å². The van der Waals surface area contributed by atoms with Gasteiger partial charge in [-0.1, -0.05) is 13.8 Å². The van der Waals surface area contributed by atoms with E-state index in [9.17, 15) is 9.59 Å². The molecule has 4 rings (SSSR count). The van der Waals surface area contributed by atoms with E-state index in [1.54, 1.807) is 13.8 Å². The van der Waals surface area contributed by atoms with Crippen LogP contribution in [0.25, 0.3) is 0 Å². The fourth-order valence-corrected chi connectivity index (χ4v) is 4.68. The van der Waals surface area contributed by atoms with E-state index in [4.69, 9.17) is 18.9 Å². The molecule has 278 valence electrons. The zero-order valence-corrected chi connectivity index (χ0v) is 30.8. The van der Waals surface area contributed by atoms with Crippen molar-refractivity contribution in [1.29, 1.82) is 0 Å². The number of azo groups is 3. The van der Waals surface area contributed by atoms with E-state index in [-0.39, 0.29) is 11.9 Å². The average molecular weight is 721 g/mol. The Morgan fingerprint density at radius 1 is 0.453 bits per heavy atom. The van der Waals surface area contributed by atoms with Crippen molar-refractivity contribution in [2.24, 2.45) is 30.7 Å². The molecule has 4 aromatic rings. The van der Waals surface area contributed by atoms with Crippen molar-refractivity contribution in [1.82, 2.24) is 0 Å². The third kappa shape index (κ3) is 15.6. The number of nitrogens with zero attached hydrogens (tertiary/aromatic N) is 6. The Hall–Kier alpha value is -5.78. The van der Waals surface area contributed by atoms with Gasteiger partial charge < -0.3 is 18.9 Å². The van der Waals surface area contributed by atoms with E-state index < -0.39 is 0 Å². The maximum atomic E-state index is 11.2. The predicted octanol–water partition coefficient (Wildman–Crippen LogP) is 12.2. The Morgan fingerprint density at radius 3 is 1.23 bits per heavy atom. The van der Waals surface area contributed by atoms with Gasteiger partial charge in [0, 0.05) is 12.8 Å². The maximum absolute atomic E-state index is 11.2. The summed E-state index contributed by atoms with van der Waals surface area (Å²) in [4.78, 5) is 22.3. The van der Waals surface area contributed by atoms with Crippen LogP contribution in [0.15, 0.2) is 122 Å². The molecule has 0 amide bonds. The molecule has 0 atom stereocenters. The first-order chi connectivity index (χ1) is 25.9. The van der Waals surface area contributed by atoms with Crippen molar-refractivity contribution in [2.75, 3.05) is 26.4 Å². The normalized spacial score (nSPS) is 11.4. The van der Waals surface area contributed by atoms with Crippen LogP contribution in [-0.4, -0.2) is 38.4 Å². The van der Waals surface area contributed by atoms with Crippen LogP contribution < -0.4 is 9.47 Å². The second-order valence-electron chi connectivity index (χ2n) is 12.0. The first-order valence-corrected chi connectivity index (χ1v) is 18.1. The van der Waals surface area contributed by atoms with E-state index in [0.717, 1.165) is 67.0 Å². The highest BCUT2D eigenvalue weighted by Gasteiger charge is 2.03. The van der Waals surface area contributed by atoms with Gasteiger partial charge in [-0.25, -0.2) is 0 Å². The van der Waals surface area contributed by atoms with Crippen LogP contribution in [0, 0.1) is 6.92 Å². The molecule has 0 fully saturated rings. The third-order valence-electron chi connectivity index (χ3n) is 7.76. The lowest BCUT2D eigenvalue weighted by molar-refractivity contribution is -0.144. The zero-order valence-electron chi connectivity index (χ0n) is 30.8. The summed E-state index contributed by atoms with van der Waals surface area (Å²) in [5.74, 6) is 1.22. The summed E-state index contributed by atoms with van der Waals surface area (Å²) in [5.41, 5.74) is 5.19. The number of unbranched alkanes of at least 4 members (excludes halogenated alkanes) is 4. The second kappa shape index (κ2) is 22.9. The average Bonchev–Trinajstić information content (AvgIpc) is 3.19. The zero-order chi connectivity index (χ0) is 37.5. The molecule has 0 aliphatic carbocycles. The Balaban J connectivity index is 1.16. The standard InChI is InChI=1S/C41H48N6O6/c1-4-40(48)52-28-10-6-8-26-50-37-21-16-34(17-22-37)43-42-32-12-14-33(15-13-32)45-47-39-25-20-36(30-31(39)3)46-44-35-18-23-38(24-19-35)51-27-9-7-11-29-53-41(49)5-2/h12-25,30H,4-11,26-29H2,1-3H3. The lowest BCUT2D eigenvalue weighted by Crippen LogP contribution is -2.04. The molecule has 0 heterocycles. The van der Waals surface area contributed by atoms with Gasteiger partial charge >= 0.3 is 11.9 Å². The molecular weight excluding hydrogens is 672 g/mol. The Bertz CT molecular complexity index is 1790. The molecule has 4 aromatic carbocycles. The number of rotatable bonds is 22. The monoisotopic (exact) mass is 720 g/mol. The summed E-state index contributed by atoms with van der Waals surface area (Å²) in [5, 5.41) is 26.2. The van der Waals surface area contributed by atoms with Crippen molar-refractivity contribution in [3.05, 3.63) is 96.6 Å². The maximum Gasteiger partial charge on any atom is 0.305 e. The van der Waals surface area contributed by atoms with E-state index in [0.29, 0.717) is 62.0 Å². The van der Waals surface area contributed by atoms with Gasteiger partial charge in [-0.15, -0.1) is 0 Å². The fourth-order valence-electron chi connectivity index (χ4n) is 4.68. The molecule has 53 heavy (non-hydrogen) atoms. The molecule has 0 aromatic heterocycles. The number of benzene rings is 4. The van der Waals surface area contributed by atoms with Crippen molar-refractivity contribution in [2.45, 2.75) is 72.1 Å². The number of esters is 2. The molecule has 0 N–H and O–H groups in total. The summed E-state index contributed by atoms with van der Waals surface area (Å²) in [6, 6.07) is 27.9. The highest BCUT2D eigenvalue weighted by Crippen LogP contribution is 2.29. The van der Waals surface area contributed by atoms with E-state index in [1.807, 2.05) is 97.9 Å².